The molecule has 1 aromatic heterocycles. The van der Waals surface area contributed by atoms with Gasteiger partial charge in [-0.2, -0.15) is 15.0 Å². The molecule has 0 N–H and O–H groups in total. The summed E-state index contributed by atoms with van der Waals surface area (Å²) in [6.07, 6.45) is 1.53. The van der Waals surface area contributed by atoms with Crippen molar-refractivity contribution in [3.8, 4) is 17.6 Å². The number of thioether (sulfide) groups is 1. The highest BCUT2D eigenvalue weighted by atomic mass is 32.2. The third kappa shape index (κ3) is 3.10. The first kappa shape index (κ1) is 16.8. The van der Waals surface area contributed by atoms with Gasteiger partial charge in [0, 0.05) is 12.2 Å². The number of nitrogens with zero attached hydrogens (tertiary/aromatic N) is 5. The molecule has 0 fully saturated rings. The third-order valence-electron chi connectivity index (χ3n) is 4.66. The summed E-state index contributed by atoms with van der Waals surface area (Å²) < 4.78 is 12.6. The highest BCUT2D eigenvalue weighted by Gasteiger charge is 2.20. The summed E-state index contributed by atoms with van der Waals surface area (Å²) in [5.74, 6) is 3.13. The minimum Gasteiger partial charge on any atom is -0.454 e. The number of hydrogen-bond acceptors (Lipinski definition) is 7. The Morgan fingerprint density at radius 3 is 2.75 bits per heavy atom. The molecule has 7 nitrogen and oxygen atoms in total. The van der Waals surface area contributed by atoms with E-state index in [1.807, 2.05) is 47.1 Å². The Labute approximate surface area is 165 Å². The fourth-order valence-corrected chi connectivity index (χ4v) is 4.01. The van der Waals surface area contributed by atoms with E-state index in [4.69, 9.17) is 19.8 Å². The van der Waals surface area contributed by atoms with Crippen molar-refractivity contribution in [1.82, 2.24) is 14.9 Å². The zero-order valence-electron chi connectivity index (χ0n) is 14.8. The van der Waals surface area contributed by atoms with Crippen LogP contribution in [0.15, 0.2) is 52.7 Å². The quantitative estimate of drug-likeness (QED) is 0.682. The van der Waals surface area contributed by atoms with E-state index in [1.54, 1.807) is 11.8 Å². The second-order valence-electron chi connectivity index (χ2n) is 6.42. The molecule has 8 heteroatoms. The zero-order valence-corrected chi connectivity index (χ0v) is 15.6. The molecule has 0 radical (unpaired) electrons. The average molecular weight is 389 g/mol. The number of ether oxygens (including phenoxy) is 2. The molecule has 0 saturated carbocycles. The molecule has 5 rings (SSSR count). The van der Waals surface area contributed by atoms with Crippen LogP contribution in [0.2, 0.25) is 0 Å². The molecule has 0 saturated heterocycles. The molecule has 2 aliphatic heterocycles. The smallest absolute Gasteiger partial charge is 0.231 e. The number of aryl methyl sites for hydroxylation is 2. The second-order valence-corrected chi connectivity index (χ2v) is 7.37. The summed E-state index contributed by atoms with van der Waals surface area (Å²) in [4.78, 5) is 0. The normalized spacial score (nSPS) is 14.3. The van der Waals surface area contributed by atoms with Gasteiger partial charge in [0.1, 0.15) is 0 Å². The Morgan fingerprint density at radius 1 is 1.04 bits per heavy atom. The molecule has 28 heavy (non-hydrogen) atoms. The van der Waals surface area contributed by atoms with Gasteiger partial charge < -0.3 is 9.47 Å². The molecule has 2 aromatic carbocycles. The van der Waals surface area contributed by atoms with Gasteiger partial charge in [-0.15, -0.1) is 10.2 Å². The van der Waals surface area contributed by atoms with Crippen molar-refractivity contribution < 1.29 is 9.47 Å². The van der Waals surface area contributed by atoms with Crippen molar-refractivity contribution in [2.24, 2.45) is 5.10 Å². The lowest BCUT2D eigenvalue weighted by Gasteiger charge is -2.14. The van der Waals surface area contributed by atoms with Crippen molar-refractivity contribution in [3.05, 3.63) is 65.0 Å². The van der Waals surface area contributed by atoms with Crippen LogP contribution in [0, 0.1) is 11.3 Å². The van der Waals surface area contributed by atoms with Crippen LogP contribution >= 0.6 is 11.8 Å². The number of aromatic nitrogens is 3. The van der Waals surface area contributed by atoms with E-state index in [9.17, 15) is 0 Å². The Hall–Kier alpha value is -3.31. The standard InChI is InChI=1S/C20H15N5O2S/c21-10-14-1-5-15(6-2-14)16-11-28-20-23-22-19(25(20)24-16)8-4-13-3-7-17-18(9-13)27-12-26-17/h1-3,5-7,9H,4,8,11-12H2. The molecule has 0 bridgehead atoms. The van der Waals surface area contributed by atoms with Gasteiger partial charge in [0.2, 0.25) is 11.9 Å². The minimum atomic E-state index is 0.278. The van der Waals surface area contributed by atoms with Crippen molar-refractivity contribution in [2.75, 3.05) is 12.5 Å². The van der Waals surface area contributed by atoms with E-state index in [2.05, 4.69) is 16.3 Å². The summed E-state index contributed by atoms with van der Waals surface area (Å²) in [5.41, 5.74) is 3.75. The molecular formula is C20H15N5O2S. The fraction of sp³-hybridized carbons (Fsp3) is 0.200. The zero-order chi connectivity index (χ0) is 18.9. The van der Waals surface area contributed by atoms with Crippen LogP contribution in [0.3, 0.4) is 0 Å². The third-order valence-corrected chi connectivity index (χ3v) is 5.59. The molecule has 0 atom stereocenters. The number of hydrogen-bond donors (Lipinski definition) is 0. The average Bonchev–Trinajstić information content (AvgIpc) is 3.38. The fourth-order valence-electron chi connectivity index (χ4n) is 3.16. The van der Waals surface area contributed by atoms with Crippen molar-refractivity contribution in [1.29, 1.82) is 5.26 Å². The molecule has 2 aliphatic rings. The predicted molar refractivity (Wildman–Crippen MR) is 104 cm³/mol. The second kappa shape index (κ2) is 7.02. The molecule has 0 spiro atoms. The van der Waals surface area contributed by atoms with Crippen LogP contribution in [-0.4, -0.2) is 33.1 Å². The van der Waals surface area contributed by atoms with E-state index >= 15 is 0 Å². The van der Waals surface area contributed by atoms with Crippen molar-refractivity contribution in [2.45, 2.75) is 18.0 Å². The van der Waals surface area contributed by atoms with Gasteiger partial charge in [-0.1, -0.05) is 30.0 Å². The van der Waals surface area contributed by atoms with Crippen LogP contribution in [0.4, 0.5) is 0 Å². The summed E-state index contributed by atoms with van der Waals surface area (Å²) in [7, 11) is 0. The van der Waals surface area contributed by atoms with E-state index < -0.39 is 0 Å². The maximum Gasteiger partial charge on any atom is 0.231 e. The lowest BCUT2D eigenvalue weighted by atomic mass is 10.1. The van der Waals surface area contributed by atoms with Crippen LogP contribution < -0.4 is 9.47 Å². The first-order chi connectivity index (χ1) is 13.8. The van der Waals surface area contributed by atoms with Crippen LogP contribution in [0.25, 0.3) is 0 Å². The summed E-state index contributed by atoms with van der Waals surface area (Å²) in [6, 6.07) is 15.6. The van der Waals surface area contributed by atoms with E-state index in [0.717, 1.165) is 57.9 Å². The van der Waals surface area contributed by atoms with Crippen molar-refractivity contribution in [3.63, 3.8) is 0 Å². The van der Waals surface area contributed by atoms with Crippen LogP contribution in [0.1, 0.15) is 22.5 Å². The molecular weight excluding hydrogens is 374 g/mol. The van der Waals surface area contributed by atoms with Gasteiger partial charge in [0.15, 0.2) is 17.3 Å². The largest absolute Gasteiger partial charge is 0.454 e. The molecule has 3 aromatic rings. The lowest BCUT2D eigenvalue weighted by molar-refractivity contribution is 0.174. The first-order valence-electron chi connectivity index (χ1n) is 8.84. The molecule has 0 unspecified atom stereocenters. The highest BCUT2D eigenvalue weighted by molar-refractivity contribution is 7.99. The number of benzene rings is 2. The van der Waals surface area contributed by atoms with E-state index in [1.165, 1.54) is 0 Å². The molecule has 0 amide bonds. The minimum absolute atomic E-state index is 0.278. The summed E-state index contributed by atoms with van der Waals surface area (Å²) in [5, 5.41) is 23.1. The monoisotopic (exact) mass is 389 g/mol. The predicted octanol–water partition coefficient (Wildman–Crippen LogP) is 3.02. The Bertz CT molecular complexity index is 1110. The van der Waals surface area contributed by atoms with E-state index in [-0.39, 0.29) is 6.79 Å². The topological polar surface area (TPSA) is 85.3 Å². The highest BCUT2D eigenvalue weighted by Crippen LogP contribution is 2.33. The number of nitriles is 1. The SMILES string of the molecule is N#Cc1ccc(C2=Nn3c(CCc4ccc5c(c4)OCO5)nnc3SC2)cc1. The van der Waals surface area contributed by atoms with Gasteiger partial charge in [0.25, 0.3) is 0 Å². The lowest BCUT2D eigenvalue weighted by Crippen LogP contribution is -2.15. The summed E-state index contributed by atoms with van der Waals surface area (Å²) >= 11 is 1.62. The maximum atomic E-state index is 8.96. The Kier molecular flexibility index (Phi) is 4.22. The van der Waals surface area contributed by atoms with Crippen molar-refractivity contribution >= 4 is 17.5 Å². The van der Waals surface area contributed by atoms with Crippen LogP contribution in [-0.2, 0) is 12.8 Å². The van der Waals surface area contributed by atoms with Gasteiger partial charge in [-0.3, -0.25) is 0 Å². The summed E-state index contributed by atoms with van der Waals surface area (Å²) in [6.45, 7) is 0.278. The number of fused-ring (bicyclic) bond motifs is 2. The Balaban J connectivity index is 1.36. The molecule has 138 valence electrons. The first-order valence-corrected chi connectivity index (χ1v) is 9.83. The maximum absolute atomic E-state index is 8.96. The van der Waals surface area contributed by atoms with Gasteiger partial charge in [0.05, 0.1) is 17.3 Å². The van der Waals surface area contributed by atoms with Gasteiger partial charge in [-0.25, -0.2) is 0 Å². The Morgan fingerprint density at radius 2 is 1.89 bits per heavy atom. The molecule has 3 heterocycles. The van der Waals surface area contributed by atoms with Gasteiger partial charge >= 0.3 is 0 Å². The molecule has 0 aliphatic carbocycles. The number of rotatable bonds is 4. The van der Waals surface area contributed by atoms with E-state index in [0.29, 0.717) is 5.56 Å². The van der Waals surface area contributed by atoms with Gasteiger partial charge in [-0.05, 0) is 41.8 Å². The van der Waals surface area contributed by atoms with Crippen LogP contribution in [0.5, 0.6) is 11.5 Å².